The summed E-state index contributed by atoms with van der Waals surface area (Å²) in [6.45, 7) is 3.49. The van der Waals surface area contributed by atoms with Crippen molar-refractivity contribution in [3.8, 4) is 0 Å². The highest BCUT2D eigenvalue weighted by Crippen LogP contribution is 2.08. The van der Waals surface area contributed by atoms with Gasteiger partial charge in [0.05, 0.1) is 0 Å². The predicted octanol–water partition coefficient (Wildman–Crippen LogP) is 1.96. The van der Waals surface area contributed by atoms with Gasteiger partial charge >= 0.3 is 0 Å². The number of hydrogen-bond donors (Lipinski definition) is 1. The molecule has 0 radical (unpaired) electrons. The third kappa shape index (κ3) is 3.03. The van der Waals surface area contributed by atoms with E-state index >= 15 is 0 Å². The predicted molar refractivity (Wildman–Crippen MR) is 52.9 cm³/mol. The summed E-state index contributed by atoms with van der Waals surface area (Å²) in [7, 11) is 0. The number of hydrogen-bond acceptors (Lipinski definition) is 2. The molecule has 1 N–H and O–H groups in total. The number of nitrogens with one attached hydrogen (secondary N) is 1. The molecule has 1 aromatic heterocycles. The number of carbonyl (C=O) groups excluding carboxylic acids is 1. The number of halogens is 1. The molecule has 0 aromatic carbocycles. The fourth-order valence-corrected chi connectivity index (χ4v) is 0.920. The molecule has 0 aliphatic heterocycles. The number of carbonyl (C=O) groups is 1. The van der Waals surface area contributed by atoms with Crippen LogP contribution in [-0.2, 0) is 4.79 Å². The second-order valence-electron chi connectivity index (χ2n) is 2.79. The first kappa shape index (κ1) is 9.99. The Labute approximate surface area is 82.1 Å². The van der Waals surface area contributed by atoms with E-state index in [-0.39, 0.29) is 5.91 Å². The van der Waals surface area contributed by atoms with E-state index in [2.05, 4.69) is 10.3 Å². The Bertz CT molecular complexity index is 312. The quantitative estimate of drug-likeness (QED) is 0.739. The Kier molecular flexibility index (Phi) is 3.25. The summed E-state index contributed by atoms with van der Waals surface area (Å²) in [4.78, 5) is 15.2. The summed E-state index contributed by atoms with van der Waals surface area (Å²) in [5.41, 5.74) is 1.59. The van der Waals surface area contributed by atoms with Crippen molar-refractivity contribution in [3.63, 3.8) is 0 Å². The number of aromatic nitrogens is 1. The topological polar surface area (TPSA) is 42.0 Å². The van der Waals surface area contributed by atoms with Crippen molar-refractivity contribution in [2.75, 3.05) is 5.32 Å². The molecule has 70 valence electrons. The molecule has 0 fully saturated rings. The van der Waals surface area contributed by atoms with Gasteiger partial charge < -0.3 is 5.32 Å². The molecule has 0 spiro atoms. The van der Waals surface area contributed by atoms with Crippen LogP contribution in [0.1, 0.15) is 12.6 Å². The van der Waals surface area contributed by atoms with E-state index in [0.29, 0.717) is 0 Å². The molecule has 1 atom stereocenters. The number of aryl methyl sites for hydroxylation is 1. The van der Waals surface area contributed by atoms with E-state index in [0.717, 1.165) is 11.4 Å². The van der Waals surface area contributed by atoms with E-state index in [9.17, 15) is 4.79 Å². The monoisotopic (exact) mass is 198 g/mol. The van der Waals surface area contributed by atoms with E-state index in [1.807, 2.05) is 6.92 Å². The van der Waals surface area contributed by atoms with Crippen molar-refractivity contribution in [2.24, 2.45) is 0 Å². The minimum Gasteiger partial charge on any atom is -0.325 e. The van der Waals surface area contributed by atoms with Crippen molar-refractivity contribution >= 4 is 23.2 Å². The first-order valence-corrected chi connectivity index (χ1v) is 4.41. The van der Waals surface area contributed by atoms with Crippen LogP contribution in [0.25, 0.3) is 0 Å². The maximum Gasteiger partial charge on any atom is 0.242 e. The third-order valence-corrected chi connectivity index (χ3v) is 1.72. The normalized spacial score (nSPS) is 12.2. The van der Waals surface area contributed by atoms with Gasteiger partial charge in [0.15, 0.2) is 0 Å². The summed E-state index contributed by atoms with van der Waals surface area (Å²) in [6.07, 6.45) is 1.64. The van der Waals surface area contributed by atoms with Gasteiger partial charge in [-0.1, -0.05) is 0 Å². The molecule has 1 heterocycles. The lowest BCUT2D eigenvalue weighted by Crippen LogP contribution is -2.20. The summed E-state index contributed by atoms with van der Waals surface area (Å²) in [6, 6.07) is 3.52. The van der Waals surface area contributed by atoms with Crippen molar-refractivity contribution in [2.45, 2.75) is 19.2 Å². The zero-order valence-electron chi connectivity index (χ0n) is 7.54. The van der Waals surface area contributed by atoms with Gasteiger partial charge in [-0.3, -0.25) is 9.78 Å². The molecule has 1 unspecified atom stereocenters. The summed E-state index contributed by atoms with van der Waals surface area (Å²) < 4.78 is 0. The van der Waals surface area contributed by atoms with Gasteiger partial charge in [0.1, 0.15) is 5.38 Å². The first-order valence-electron chi connectivity index (χ1n) is 3.97. The van der Waals surface area contributed by atoms with E-state index < -0.39 is 5.38 Å². The summed E-state index contributed by atoms with van der Waals surface area (Å²) in [5, 5.41) is 2.15. The van der Waals surface area contributed by atoms with Crippen molar-refractivity contribution in [1.82, 2.24) is 4.98 Å². The minimum atomic E-state index is -0.520. The van der Waals surface area contributed by atoms with Crippen LogP contribution in [0.15, 0.2) is 18.3 Å². The van der Waals surface area contributed by atoms with Crippen LogP contribution >= 0.6 is 11.6 Å². The van der Waals surface area contributed by atoms with Crippen LogP contribution in [0.5, 0.6) is 0 Å². The van der Waals surface area contributed by atoms with E-state index in [1.165, 1.54) is 0 Å². The highest BCUT2D eigenvalue weighted by molar-refractivity contribution is 6.32. The first-order chi connectivity index (χ1) is 6.09. The zero-order chi connectivity index (χ0) is 9.84. The number of rotatable bonds is 2. The average molecular weight is 199 g/mol. The molecule has 0 saturated carbocycles. The standard InChI is InChI=1S/C9H11ClN2O/c1-6-5-8(3-4-11-6)12-9(13)7(2)10/h3-5,7H,1-2H3,(H,11,12,13). The maximum absolute atomic E-state index is 11.2. The summed E-state index contributed by atoms with van der Waals surface area (Å²) in [5.74, 6) is -0.202. The molecular formula is C9H11ClN2O. The Morgan fingerprint density at radius 1 is 1.69 bits per heavy atom. The highest BCUT2D eigenvalue weighted by atomic mass is 35.5. The molecular weight excluding hydrogens is 188 g/mol. The molecule has 1 rings (SSSR count). The Hall–Kier alpha value is -1.09. The average Bonchev–Trinajstić information content (AvgIpc) is 2.04. The number of anilines is 1. The molecule has 3 nitrogen and oxygen atoms in total. The SMILES string of the molecule is Cc1cc(NC(=O)C(C)Cl)ccn1. The molecule has 0 aliphatic rings. The van der Waals surface area contributed by atoms with E-state index in [4.69, 9.17) is 11.6 Å². The third-order valence-electron chi connectivity index (χ3n) is 1.53. The second kappa shape index (κ2) is 4.23. The van der Waals surface area contributed by atoms with Crippen LogP contribution in [0, 0.1) is 6.92 Å². The van der Waals surface area contributed by atoms with Crippen molar-refractivity contribution in [3.05, 3.63) is 24.0 Å². The summed E-state index contributed by atoms with van der Waals surface area (Å²) >= 11 is 5.59. The molecule has 1 amide bonds. The van der Waals surface area contributed by atoms with Gasteiger partial charge in [-0.2, -0.15) is 0 Å². The fraction of sp³-hybridized carbons (Fsp3) is 0.333. The Balaban J connectivity index is 2.69. The molecule has 1 aromatic rings. The number of nitrogens with zero attached hydrogens (tertiary/aromatic N) is 1. The van der Waals surface area contributed by atoms with Gasteiger partial charge in [0.2, 0.25) is 5.91 Å². The van der Waals surface area contributed by atoms with Gasteiger partial charge in [0.25, 0.3) is 0 Å². The molecule has 0 saturated heterocycles. The number of pyridine rings is 1. The van der Waals surface area contributed by atoms with Gasteiger partial charge in [0, 0.05) is 17.6 Å². The van der Waals surface area contributed by atoms with Crippen LogP contribution < -0.4 is 5.32 Å². The van der Waals surface area contributed by atoms with Gasteiger partial charge in [-0.15, -0.1) is 11.6 Å². The smallest absolute Gasteiger partial charge is 0.242 e. The van der Waals surface area contributed by atoms with E-state index in [1.54, 1.807) is 25.3 Å². The Morgan fingerprint density at radius 2 is 2.38 bits per heavy atom. The van der Waals surface area contributed by atoms with Crippen LogP contribution in [0.4, 0.5) is 5.69 Å². The lowest BCUT2D eigenvalue weighted by Gasteiger charge is -2.06. The maximum atomic E-state index is 11.2. The fourth-order valence-electron chi connectivity index (χ4n) is 0.865. The van der Waals surface area contributed by atoms with Gasteiger partial charge in [-0.05, 0) is 26.0 Å². The van der Waals surface area contributed by atoms with Crippen LogP contribution in [0.2, 0.25) is 0 Å². The largest absolute Gasteiger partial charge is 0.325 e. The number of amides is 1. The zero-order valence-corrected chi connectivity index (χ0v) is 8.30. The Morgan fingerprint density at radius 3 is 2.92 bits per heavy atom. The molecule has 0 bridgehead atoms. The van der Waals surface area contributed by atoms with Crippen molar-refractivity contribution in [1.29, 1.82) is 0 Å². The van der Waals surface area contributed by atoms with Crippen LogP contribution in [-0.4, -0.2) is 16.3 Å². The van der Waals surface area contributed by atoms with Crippen molar-refractivity contribution < 1.29 is 4.79 Å². The number of alkyl halides is 1. The second-order valence-corrected chi connectivity index (χ2v) is 3.45. The molecule has 4 heteroatoms. The minimum absolute atomic E-state index is 0.202. The van der Waals surface area contributed by atoms with Gasteiger partial charge in [-0.25, -0.2) is 0 Å². The van der Waals surface area contributed by atoms with Crippen LogP contribution in [0.3, 0.4) is 0 Å². The molecule has 13 heavy (non-hydrogen) atoms. The lowest BCUT2D eigenvalue weighted by molar-refractivity contribution is -0.115. The lowest BCUT2D eigenvalue weighted by atomic mass is 10.3. The molecule has 0 aliphatic carbocycles. The highest BCUT2D eigenvalue weighted by Gasteiger charge is 2.08.